The van der Waals surface area contributed by atoms with Gasteiger partial charge in [-0.1, -0.05) is 0 Å². The number of rotatable bonds is 2. The first-order chi connectivity index (χ1) is 8.06. The third-order valence-electron chi connectivity index (χ3n) is 2.04. The minimum Gasteiger partial charge on any atom is -0.397 e. The monoisotopic (exact) mass is 239 g/mol. The van der Waals surface area contributed by atoms with Crippen LogP contribution in [0.25, 0.3) is 0 Å². The van der Waals surface area contributed by atoms with Gasteiger partial charge in [-0.2, -0.15) is 0 Å². The lowest BCUT2D eigenvalue weighted by molar-refractivity contribution is 0.549. The van der Waals surface area contributed by atoms with Crippen molar-refractivity contribution >= 4 is 17.1 Å². The molecule has 0 radical (unpaired) electrons. The Bertz CT molecular complexity index is 534. The SMILES string of the molecule is Nc1cncc(Nc2c(F)cc(F)cc2F)c1. The molecule has 0 fully saturated rings. The fourth-order valence-electron chi connectivity index (χ4n) is 1.33. The zero-order valence-electron chi connectivity index (χ0n) is 8.55. The highest BCUT2D eigenvalue weighted by Crippen LogP contribution is 2.24. The van der Waals surface area contributed by atoms with Crippen molar-refractivity contribution in [3.63, 3.8) is 0 Å². The molecule has 0 aliphatic carbocycles. The minimum atomic E-state index is -1.02. The molecule has 2 aromatic rings. The van der Waals surface area contributed by atoms with Crippen LogP contribution in [0.5, 0.6) is 0 Å². The van der Waals surface area contributed by atoms with E-state index in [0.29, 0.717) is 23.5 Å². The summed E-state index contributed by atoms with van der Waals surface area (Å²) in [5.74, 6) is -3.02. The van der Waals surface area contributed by atoms with Crippen LogP contribution in [0.2, 0.25) is 0 Å². The van der Waals surface area contributed by atoms with Gasteiger partial charge in [0.1, 0.15) is 11.5 Å². The topological polar surface area (TPSA) is 50.9 Å². The first-order valence-corrected chi connectivity index (χ1v) is 4.68. The van der Waals surface area contributed by atoms with Crippen LogP contribution >= 0.6 is 0 Å². The van der Waals surface area contributed by atoms with E-state index in [4.69, 9.17) is 5.73 Å². The van der Waals surface area contributed by atoms with Gasteiger partial charge in [-0.3, -0.25) is 4.98 Å². The molecule has 0 bridgehead atoms. The number of nitrogen functional groups attached to an aromatic ring is 1. The van der Waals surface area contributed by atoms with Crippen LogP contribution in [0.4, 0.5) is 30.2 Å². The van der Waals surface area contributed by atoms with Crippen molar-refractivity contribution in [1.82, 2.24) is 4.98 Å². The number of pyridine rings is 1. The van der Waals surface area contributed by atoms with Gasteiger partial charge >= 0.3 is 0 Å². The summed E-state index contributed by atoms with van der Waals surface area (Å²) in [4.78, 5) is 3.75. The van der Waals surface area contributed by atoms with Crippen molar-refractivity contribution in [2.24, 2.45) is 0 Å². The van der Waals surface area contributed by atoms with Crippen molar-refractivity contribution in [2.45, 2.75) is 0 Å². The highest BCUT2D eigenvalue weighted by atomic mass is 19.1. The Morgan fingerprint density at radius 3 is 2.24 bits per heavy atom. The molecule has 1 aromatic carbocycles. The maximum Gasteiger partial charge on any atom is 0.152 e. The Labute approximate surface area is 95.1 Å². The zero-order valence-corrected chi connectivity index (χ0v) is 8.55. The van der Waals surface area contributed by atoms with Crippen LogP contribution in [0, 0.1) is 17.5 Å². The molecule has 17 heavy (non-hydrogen) atoms. The van der Waals surface area contributed by atoms with E-state index >= 15 is 0 Å². The number of hydrogen-bond donors (Lipinski definition) is 2. The molecule has 0 saturated heterocycles. The van der Waals surface area contributed by atoms with Crippen LogP contribution in [-0.4, -0.2) is 4.98 Å². The van der Waals surface area contributed by atoms with Gasteiger partial charge in [0.25, 0.3) is 0 Å². The lowest BCUT2D eigenvalue weighted by Crippen LogP contribution is -2.00. The number of hydrogen-bond acceptors (Lipinski definition) is 3. The van der Waals surface area contributed by atoms with Gasteiger partial charge in [0, 0.05) is 18.3 Å². The van der Waals surface area contributed by atoms with Crippen molar-refractivity contribution in [3.05, 3.63) is 48.0 Å². The van der Waals surface area contributed by atoms with E-state index in [1.165, 1.54) is 18.5 Å². The van der Waals surface area contributed by atoms with E-state index in [9.17, 15) is 13.2 Å². The van der Waals surface area contributed by atoms with Crippen molar-refractivity contribution in [2.75, 3.05) is 11.1 Å². The zero-order chi connectivity index (χ0) is 12.4. The minimum absolute atomic E-state index is 0.314. The summed E-state index contributed by atoms with van der Waals surface area (Å²) in [6.07, 6.45) is 2.74. The van der Waals surface area contributed by atoms with Gasteiger partial charge in [0.15, 0.2) is 11.6 Å². The second-order valence-electron chi connectivity index (χ2n) is 3.38. The average molecular weight is 239 g/mol. The molecule has 2 rings (SSSR count). The lowest BCUT2D eigenvalue weighted by atomic mass is 10.2. The summed E-state index contributed by atoms with van der Waals surface area (Å²) in [6.45, 7) is 0. The van der Waals surface area contributed by atoms with Crippen LogP contribution in [-0.2, 0) is 0 Å². The third-order valence-corrected chi connectivity index (χ3v) is 2.04. The molecular weight excluding hydrogens is 231 g/mol. The first-order valence-electron chi connectivity index (χ1n) is 4.68. The molecule has 0 atom stereocenters. The van der Waals surface area contributed by atoms with Crippen LogP contribution < -0.4 is 11.1 Å². The number of benzene rings is 1. The standard InChI is InChI=1S/C11H8F3N3/c12-6-1-9(13)11(10(14)2-6)17-8-3-7(15)4-16-5-8/h1-5,17H,15H2. The fourth-order valence-corrected chi connectivity index (χ4v) is 1.33. The quantitative estimate of drug-likeness (QED) is 0.847. The molecule has 3 N–H and O–H groups in total. The Balaban J connectivity index is 2.36. The van der Waals surface area contributed by atoms with Gasteiger partial charge in [-0.05, 0) is 6.07 Å². The molecule has 0 spiro atoms. The van der Waals surface area contributed by atoms with Gasteiger partial charge < -0.3 is 11.1 Å². The van der Waals surface area contributed by atoms with Crippen molar-refractivity contribution < 1.29 is 13.2 Å². The molecule has 0 unspecified atom stereocenters. The van der Waals surface area contributed by atoms with E-state index in [0.717, 1.165) is 0 Å². The molecule has 1 aromatic heterocycles. The summed E-state index contributed by atoms with van der Waals surface area (Å²) in [7, 11) is 0. The van der Waals surface area contributed by atoms with E-state index in [1.54, 1.807) is 0 Å². The second kappa shape index (κ2) is 4.32. The summed E-state index contributed by atoms with van der Waals surface area (Å²) < 4.78 is 39.3. The van der Waals surface area contributed by atoms with Crippen molar-refractivity contribution in [1.29, 1.82) is 0 Å². The molecule has 1 heterocycles. The van der Waals surface area contributed by atoms with E-state index in [2.05, 4.69) is 10.3 Å². The number of halogens is 3. The van der Waals surface area contributed by atoms with Gasteiger partial charge in [0.05, 0.1) is 17.6 Å². The number of anilines is 3. The Hall–Kier alpha value is -2.24. The largest absolute Gasteiger partial charge is 0.397 e. The highest BCUT2D eigenvalue weighted by Gasteiger charge is 2.11. The molecule has 88 valence electrons. The molecule has 0 amide bonds. The summed E-state index contributed by atoms with van der Waals surface area (Å²) in [5, 5.41) is 2.45. The Morgan fingerprint density at radius 1 is 1.00 bits per heavy atom. The maximum absolute atomic E-state index is 13.3. The second-order valence-corrected chi connectivity index (χ2v) is 3.38. The Morgan fingerprint density at radius 2 is 1.65 bits per heavy atom. The van der Waals surface area contributed by atoms with Crippen LogP contribution in [0.1, 0.15) is 0 Å². The number of aromatic nitrogens is 1. The first kappa shape index (κ1) is 11.3. The van der Waals surface area contributed by atoms with Gasteiger partial charge in [-0.15, -0.1) is 0 Å². The summed E-state index contributed by atoms with van der Waals surface area (Å²) in [6, 6.07) is 2.63. The fraction of sp³-hybridized carbons (Fsp3) is 0. The number of nitrogens with two attached hydrogens (primary N) is 1. The van der Waals surface area contributed by atoms with Gasteiger partial charge in [-0.25, -0.2) is 13.2 Å². The maximum atomic E-state index is 13.3. The van der Waals surface area contributed by atoms with Crippen molar-refractivity contribution in [3.8, 4) is 0 Å². The summed E-state index contributed by atoms with van der Waals surface area (Å²) >= 11 is 0. The molecule has 0 aliphatic rings. The predicted molar refractivity (Wildman–Crippen MR) is 58.2 cm³/mol. The van der Waals surface area contributed by atoms with Crippen LogP contribution in [0.15, 0.2) is 30.6 Å². The highest BCUT2D eigenvalue weighted by molar-refractivity contribution is 5.63. The molecule has 3 nitrogen and oxygen atoms in total. The molecule has 6 heteroatoms. The number of nitrogens with zero attached hydrogens (tertiary/aromatic N) is 1. The third kappa shape index (κ3) is 2.47. The average Bonchev–Trinajstić information content (AvgIpc) is 2.23. The number of nitrogens with one attached hydrogen (secondary N) is 1. The smallest absolute Gasteiger partial charge is 0.152 e. The van der Waals surface area contributed by atoms with Gasteiger partial charge in [0.2, 0.25) is 0 Å². The molecule has 0 saturated carbocycles. The molecular formula is C11H8F3N3. The lowest BCUT2D eigenvalue weighted by Gasteiger charge is -2.08. The predicted octanol–water partition coefficient (Wildman–Crippen LogP) is 2.82. The van der Waals surface area contributed by atoms with Crippen LogP contribution in [0.3, 0.4) is 0 Å². The normalized spacial score (nSPS) is 10.3. The Kier molecular flexibility index (Phi) is 2.86. The molecule has 0 aliphatic heterocycles. The van der Waals surface area contributed by atoms with E-state index in [1.807, 2.05) is 0 Å². The van der Waals surface area contributed by atoms with E-state index in [-0.39, 0.29) is 0 Å². The summed E-state index contributed by atoms with van der Waals surface area (Å²) in [5.41, 5.74) is 5.68. The van der Waals surface area contributed by atoms with E-state index < -0.39 is 23.1 Å².